The van der Waals surface area contributed by atoms with Crippen molar-refractivity contribution in [2.75, 3.05) is 0 Å². The van der Waals surface area contributed by atoms with Crippen LogP contribution in [0.5, 0.6) is 0 Å². The van der Waals surface area contributed by atoms with Crippen molar-refractivity contribution in [1.82, 2.24) is 9.78 Å². The van der Waals surface area contributed by atoms with Gasteiger partial charge in [-0.2, -0.15) is 9.78 Å². The Morgan fingerprint density at radius 1 is 1.22 bits per heavy atom. The number of hydrogen-bond acceptors (Lipinski definition) is 3. The normalized spacial score (nSPS) is 13.3. The molecule has 0 N–H and O–H groups in total. The molecule has 0 aliphatic heterocycles. The van der Waals surface area contributed by atoms with Gasteiger partial charge in [0.1, 0.15) is 5.69 Å². The van der Waals surface area contributed by atoms with E-state index in [4.69, 9.17) is 0 Å². The monoisotopic (exact) mass is 240 g/mol. The van der Waals surface area contributed by atoms with Gasteiger partial charge in [-0.25, -0.2) is 0 Å². The van der Waals surface area contributed by atoms with Gasteiger partial charge in [0.25, 0.3) is 5.91 Å². The summed E-state index contributed by atoms with van der Waals surface area (Å²) >= 11 is 0. The van der Waals surface area contributed by atoms with Crippen LogP contribution >= 0.6 is 0 Å². The van der Waals surface area contributed by atoms with Crippen LogP contribution in [-0.4, -0.2) is 22.0 Å². The lowest BCUT2D eigenvalue weighted by molar-refractivity contribution is 0.0941. The Labute approximate surface area is 104 Å². The van der Waals surface area contributed by atoms with Crippen LogP contribution in [-0.2, 0) is 12.8 Å². The molecule has 2 aromatic rings. The molecule has 0 bridgehead atoms. The summed E-state index contributed by atoms with van der Waals surface area (Å²) < 4.78 is 1.39. The third-order valence-electron chi connectivity index (χ3n) is 3.29. The molecule has 0 fully saturated rings. The summed E-state index contributed by atoms with van der Waals surface area (Å²) in [5.74, 6) is -0.165. The lowest BCUT2D eigenvalue weighted by atomic mass is 10.2. The van der Waals surface area contributed by atoms with E-state index >= 15 is 0 Å². The summed E-state index contributed by atoms with van der Waals surface area (Å²) in [5.41, 5.74) is 2.83. The average Bonchev–Trinajstić information content (AvgIpc) is 3.00. The largest absolute Gasteiger partial charge is 0.296 e. The van der Waals surface area contributed by atoms with Crippen LogP contribution < -0.4 is 0 Å². The predicted molar refractivity (Wildman–Crippen MR) is 65.8 cm³/mol. The zero-order valence-corrected chi connectivity index (χ0v) is 9.80. The topological polar surface area (TPSA) is 52.0 Å². The van der Waals surface area contributed by atoms with Gasteiger partial charge in [-0.3, -0.25) is 9.59 Å². The minimum atomic E-state index is -0.165. The third-order valence-corrected chi connectivity index (χ3v) is 3.29. The molecule has 1 aliphatic rings. The molecule has 0 atom stereocenters. The molecule has 4 nitrogen and oxygen atoms in total. The highest BCUT2D eigenvalue weighted by Crippen LogP contribution is 2.25. The molecule has 1 heterocycles. The van der Waals surface area contributed by atoms with E-state index in [0.717, 1.165) is 36.8 Å². The summed E-state index contributed by atoms with van der Waals surface area (Å²) in [6.07, 6.45) is 3.37. The summed E-state index contributed by atoms with van der Waals surface area (Å²) in [4.78, 5) is 23.3. The Morgan fingerprint density at radius 2 is 2.00 bits per heavy atom. The van der Waals surface area contributed by atoms with Crippen LogP contribution in [0.15, 0.2) is 30.3 Å². The van der Waals surface area contributed by atoms with Gasteiger partial charge >= 0.3 is 0 Å². The van der Waals surface area contributed by atoms with E-state index in [1.54, 1.807) is 12.1 Å². The quantitative estimate of drug-likeness (QED) is 0.753. The maximum Gasteiger partial charge on any atom is 0.278 e. The molecule has 1 aromatic heterocycles. The SMILES string of the molecule is O=Cc1nn(C(=O)c2ccccc2)c2c1CCC2. The van der Waals surface area contributed by atoms with Crippen molar-refractivity contribution in [2.45, 2.75) is 19.3 Å². The molecule has 0 amide bonds. The van der Waals surface area contributed by atoms with Crippen molar-refractivity contribution in [3.63, 3.8) is 0 Å². The molecule has 90 valence electrons. The fourth-order valence-electron chi connectivity index (χ4n) is 2.43. The second kappa shape index (κ2) is 4.22. The number of rotatable bonds is 2. The van der Waals surface area contributed by atoms with E-state index in [0.29, 0.717) is 11.3 Å². The van der Waals surface area contributed by atoms with Crippen LogP contribution in [0, 0.1) is 0 Å². The Bertz CT molecular complexity index is 614. The molecular formula is C14H12N2O2. The van der Waals surface area contributed by atoms with Gasteiger partial charge in [0.15, 0.2) is 6.29 Å². The summed E-state index contributed by atoms with van der Waals surface area (Å²) in [5, 5.41) is 4.13. The Morgan fingerprint density at radius 3 is 2.72 bits per heavy atom. The van der Waals surface area contributed by atoms with Crippen LogP contribution in [0.2, 0.25) is 0 Å². The molecule has 18 heavy (non-hydrogen) atoms. The van der Waals surface area contributed by atoms with Crippen molar-refractivity contribution in [1.29, 1.82) is 0 Å². The number of aldehydes is 1. The number of carbonyl (C=O) groups is 2. The number of hydrogen-bond donors (Lipinski definition) is 0. The molecule has 0 saturated heterocycles. The van der Waals surface area contributed by atoms with Gasteiger partial charge < -0.3 is 0 Å². The lowest BCUT2D eigenvalue weighted by Crippen LogP contribution is -2.16. The molecule has 0 saturated carbocycles. The second-order valence-electron chi connectivity index (χ2n) is 4.36. The summed E-state index contributed by atoms with van der Waals surface area (Å²) in [6, 6.07) is 9.01. The average molecular weight is 240 g/mol. The van der Waals surface area contributed by atoms with Crippen molar-refractivity contribution in [3.8, 4) is 0 Å². The van der Waals surface area contributed by atoms with E-state index < -0.39 is 0 Å². The van der Waals surface area contributed by atoms with Crippen LogP contribution in [0.1, 0.15) is 38.5 Å². The van der Waals surface area contributed by atoms with Crippen molar-refractivity contribution in [3.05, 3.63) is 52.8 Å². The minimum Gasteiger partial charge on any atom is -0.296 e. The second-order valence-corrected chi connectivity index (χ2v) is 4.36. The fraction of sp³-hybridized carbons (Fsp3) is 0.214. The molecule has 1 aliphatic carbocycles. The van der Waals surface area contributed by atoms with Gasteiger partial charge in [-0.05, 0) is 31.4 Å². The van der Waals surface area contributed by atoms with E-state index in [1.807, 2.05) is 18.2 Å². The molecule has 0 spiro atoms. The highest BCUT2D eigenvalue weighted by molar-refractivity contribution is 5.96. The van der Waals surface area contributed by atoms with E-state index in [1.165, 1.54) is 4.68 Å². The predicted octanol–water partition coefficient (Wildman–Crippen LogP) is 1.87. The number of benzene rings is 1. The van der Waals surface area contributed by atoms with Gasteiger partial charge in [0.2, 0.25) is 0 Å². The maximum absolute atomic E-state index is 12.3. The van der Waals surface area contributed by atoms with E-state index in [2.05, 4.69) is 5.10 Å². The molecule has 3 rings (SSSR count). The number of nitrogens with zero attached hydrogens (tertiary/aromatic N) is 2. The molecule has 4 heteroatoms. The summed E-state index contributed by atoms with van der Waals surface area (Å²) in [6.45, 7) is 0. The highest BCUT2D eigenvalue weighted by atomic mass is 16.2. The first-order valence-corrected chi connectivity index (χ1v) is 5.97. The van der Waals surface area contributed by atoms with Crippen molar-refractivity contribution < 1.29 is 9.59 Å². The highest BCUT2D eigenvalue weighted by Gasteiger charge is 2.25. The number of carbonyl (C=O) groups excluding carboxylic acids is 2. The number of aromatic nitrogens is 2. The van der Waals surface area contributed by atoms with Gasteiger partial charge in [0, 0.05) is 11.1 Å². The summed E-state index contributed by atoms with van der Waals surface area (Å²) in [7, 11) is 0. The molecular weight excluding hydrogens is 228 g/mol. The van der Waals surface area contributed by atoms with Crippen molar-refractivity contribution in [2.24, 2.45) is 0 Å². The minimum absolute atomic E-state index is 0.165. The molecule has 0 radical (unpaired) electrons. The standard InChI is InChI=1S/C14H12N2O2/c17-9-12-11-7-4-8-13(11)16(15-12)14(18)10-5-2-1-3-6-10/h1-3,5-6,9H,4,7-8H2. The Kier molecular flexibility index (Phi) is 2.55. The molecule has 0 unspecified atom stereocenters. The smallest absolute Gasteiger partial charge is 0.278 e. The Hall–Kier alpha value is -2.23. The van der Waals surface area contributed by atoms with Gasteiger partial charge in [0.05, 0.1) is 5.69 Å². The van der Waals surface area contributed by atoms with E-state index in [9.17, 15) is 9.59 Å². The van der Waals surface area contributed by atoms with Crippen molar-refractivity contribution >= 4 is 12.2 Å². The first-order valence-electron chi connectivity index (χ1n) is 5.97. The van der Waals surface area contributed by atoms with Crippen LogP contribution in [0.25, 0.3) is 0 Å². The molecule has 1 aromatic carbocycles. The zero-order chi connectivity index (χ0) is 12.5. The zero-order valence-electron chi connectivity index (χ0n) is 9.80. The van der Waals surface area contributed by atoms with Gasteiger partial charge in [-0.1, -0.05) is 18.2 Å². The first kappa shape index (κ1) is 10.9. The number of fused-ring (bicyclic) bond motifs is 1. The van der Waals surface area contributed by atoms with Gasteiger partial charge in [-0.15, -0.1) is 0 Å². The van der Waals surface area contributed by atoms with Crippen LogP contribution in [0.3, 0.4) is 0 Å². The first-order chi connectivity index (χ1) is 8.81. The fourth-order valence-corrected chi connectivity index (χ4v) is 2.43. The van der Waals surface area contributed by atoms with Crippen LogP contribution in [0.4, 0.5) is 0 Å². The maximum atomic E-state index is 12.3. The third kappa shape index (κ3) is 1.57. The Balaban J connectivity index is 2.08. The lowest BCUT2D eigenvalue weighted by Gasteiger charge is -2.03. The van der Waals surface area contributed by atoms with E-state index in [-0.39, 0.29) is 5.91 Å².